The predicted molar refractivity (Wildman–Crippen MR) is 111 cm³/mol. The lowest BCUT2D eigenvalue weighted by atomic mass is 9.85. The van der Waals surface area contributed by atoms with E-state index in [0.717, 1.165) is 6.07 Å². The van der Waals surface area contributed by atoms with E-state index in [1.807, 2.05) is 18.9 Å². The summed E-state index contributed by atoms with van der Waals surface area (Å²) in [5.74, 6) is -1.09. The van der Waals surface area contributed by atoms with E-state index >= 15 is 4.39 Å². The van der Waals surface area contributed by atoms with Gasteiger partial charge in [-0.25, -0.2) is 9.18 Å². The van der Waals surface area contributed by atoms with Crippen molar-refractivity contribution in [2.45, 2.75) is 33.4 Å². The quantitative estimate of drug-likeness (QED) is 0.796. The number of carbonyl (C=O) groups is 1. The minimum absolute atomic E-state index is 0.0102. The lowest BCUT2D eigenvalue weighted by molar-refractivity contribution is 0.0695. The highest BCUT2D eigenvalue weighted by Gasteiger charge is 2.34. The number of nitrogens with zero attached hydrogens (tertiary/aromatic N) is 2. The number of rotatable bonds is 5. The Kier molecular flexibility index (Phi) is 5.84. The van der Waals surface area contributed by atoms with Crippen LogP contribution in [0.15, 0.2) is 17.1 Å². The molecule has 1 aliphatic heterocycles. The smallest absolute Gasteiger partial charge is 0.341 e. The number of carboxylic acid groups (broad SMARTS) is 1. The van der Waals surface area contributed by atoms with Crippen LogP contribution >= 0.6 is 0 Å². The molecule has 8 heteroatoms. The molecule has 0 aliphatic carbocycles. The van der Waals surface area contributed by atoms with E-state index in [1.165, 1.54) is 13.3 Å². The van der Waals surface area contributed by atoms with E-state index < -0.39 is 17.2 Å². The minimum atomic E-state index is -1.33. The number of aromatic nitrogens is 1. The van der Waals surface area contributed by atoms with Gasteiger partial charge in [-0.2, -0.15) is 0 Å². The fraction of sp³-hybridized carbons (Fsp3) is 0.524. The Morgan fingerprint density at radius 3 is 2.45 bits per heavy atom. The highest BCUT2D eigenvalue weighted by Crippen LogP contribution is 2.40. The highest BCUT2D eigenvalue weighted by molar-refractivity contribution is 5.97. The third kappa shape index (κ3) is 3.46. The van der Waals surface area contributed by atoms with Gasteiger partial charge in [0.05, 0.1) is 18.0 Å². The van der Waals surface area contributed by atoms with Crippen molar-refractivity contribution in [1.29, 1.82) is 0 Å². The molecule has 2 atom stereocenters. The van der Waals surface area contributed by atoms with Crippen LogP contribution in [0.1, 0.15) is 31.1 Å². The van der Waals surface area contributed by atoms with Crippen LogP contribution in [0.4, 0.5) is 10.1 Å². The van der Waals surface area contributed by atoms with Gasteiger partial charge in [-0.05, 0) is 31.9 Å². The second kappa shape index (κ2) is 8.02. The highest BCUT2D eigenvalue weighted by atomic mass is 19.1. The van der Waals surface area contributed by atoms with E-state index in [2.05, 4.69) is 19.2 Å². The normalized spacial score (nSPS) is 22.1. The molecule has 3 rings (SSSR count). The Labute approximate surface area is 169 Å². The molecule has 1 saturated heterocycles. The Balaban J connectivity index is 2.27. The van der Waals surface area contributed by atoms with Crippen LogP contribution in [0.3, 0.4) is 0 Å². The molecule has 0 amide bonds. The van der Waals surface area contributed by atoms with Gasteiger partial charge in [-0.1, -0.05) is 13.8 Å². The number of hydrogen-bond donors (Lipinski definition) is 2. The summed E-state index contributed by atoms with van der Waals surface area (Å²) >= 11 is 0. The second-order valence-corrected chi connectivity index (χ2v) is 7.77. The Morgan fingerprint density at radius 1 is 1.34 bits per heavy atom. The molecule has 29 heavy (non-hydrogen) atoms. The molecule has 1 aromatic heterocycles. The van der Waals surface area contributed by atoms with Crippen molar-refractivity contribution in [3.05, 3.63) is 33.9 Å². The number of fused-ring (bicyclic) bond motifs is 1. The molecular formula is C21H28FN3O4. The van der Waals surface area contributed by atoms with Crippen molar-refractivity contribution in [3.8, 4) is 5.75 Å². The first kappa shape index (κ1) is 21.1. The molecule has 2 N–H and O–H groups in total. The molecule has 2 heterocycles. The first-order valence-electron chi connectivity index (χ1n) is 9.84. The van der Waals surface area contributed by atoms with Gasteiger partial charge in [-0.15, -0.1) is 0 Å². The number of benzene rings is 1. The second-order valence-electron chi connectivity index (χ2n) is 7.77. The average Bonchev–Trinajstić information content (AvgIpc) is 2.67. The lowest BCUT2D eigenvalue weighted by Crippen LogP contribution is -2.52. The topological polar surface area (TPSA) is 83.8 Å². The number of aromatic carboxylic acids is 1. The molecule has 158 valence electrons. The van der Waals surface area contributed by atoms with Crippen LogP contribution in [-0.4, -0.2) is 48.9 Å². The summed E-state index contributed by atoms with van der Waals surface area (Å²) in [5, 5.41) is 12.7. The molecule has 7 nitrogen and oxygen atoms in total. The van der Waals surface area contributed by atoms with Gasteiger partial charge in [0.25, 0.3) is 0 Å². The minimum Gasteiger partial charge on any atom is -0.492 e. The maximum atomic E-state index is 15.3. The summed E-state index contributed by atoms with van der Waals surface area (Å²) in [4.78, 5) is 26.1. The molecule has 0 bridgehead atoms. The van der Waals surface area contributed by atoms with Crippen LogP contribution in [0.2, 0.25) is 0 Å². The molecule has 1 aromatic carbocycles. The van der Waals surface area contributed by atoms with Gasteiger partial charge in [0.1, 0.15) is 11.3 Å². The third-order valence-electron chi connectivity index (χ3n) is 5.91. The molecule has 2 aromatic rings. The zero-order valence-corrected chi connectivity index (χ0v) is 17.5. The van der Waals surface area contributed by atoms with Gasteiger partial charge >= 0.3 is 5.97 Å². The SMILES string of the molecule is CCn1cc(C(=O)O)c(=O)c2cc(F)c(N3CC(C)C(NC)C(C)C3)c(OC)c21. The molecule has 1 fully saturated rings. The fourth-order valence-electron chi connectivity index (χ4n) is 4.69. The van der Waals surface area contributed by atoms with E-state index in [1.54, 1.807) is 4.57 Å². The maximum Gasteiger partial charge on any atom is 0.341 e. The Morgan fingerprint density at radius 2 is 1.97 bits per heavy atom. The monoisotopic (exact) mass is 405 g/mol. The largest absolute Gasteiger partial charge is 0.492 e. The number of piperidine rings is 1. The summed E-state index contributed by atoms with van der Waals surface area (Å²) in [6.07, 6.45) is 1.30. The van der Waals surface area contributed by atoms with Crippen LogP contribution in [0, 0.1) is 17.7 Å². The number of anilines is 1. The van der Waals surface area contributed by atoms with E-state index in [-0.39, 0.29) is 28.5 Å². The molecular weight excluding hydrogens is 377 g/mol. The van der Waals surface area contributed by atoms with Crippen molar-refractivity contribution in [2.24, 2.45) is 11.8 Å². The number of aryl methyl sites for hydroxylation is 1. The van der Waals surface area contributed by atoms with Gasteiger partial charge in [0.15, 0.2) is 11.6 Å². The zero-order chi connectivity index (χ0) is 21.5. The first-order valence-corrected chi connectivity index (χ1v) is 9.84. The molecule has 0 saturated carbocycles. The summed E-state index contributed by atoms with van der Waals surface area (Å²) in [5.41, 5.74) is -0.363. The Bertz CT molecular complexity index is 992. The van der Waals surface area contributed by atoms with Crippen molar-refractivity contribution in [3.63, 3.8) is 0 Å². The van der Waals surface area contributed by atoms with E-state index in [0.29, 0.717) is 36.9 Å². The van der Waals surface area contributed by atoms with Gasteiger partial charge in [0, 0.05) is 31.9 Å². The number of carboxylic acids is 1. The van der Waals surface area contributed by atoms with Crippen molar-refractivity contribution in [1.82, 2.24) is 9.88 Å². The summed E-state index contributed by atoms with van der Waals surface area (Å²) in [7, 11) is 3.38. The van der Waals surface area contributed by atoms with Crippen molar-refractivity contribution >= 4 is 22.6 Å². The number of halogens is 1. The fourth-order valence-corrected chi connectivity index (χ4v) is 4.69. The number of pyridine rings is 1. The molecule has 2 unspecified atom stereocenters. The summed E-state index contributed by atoms with van der Waals surface area (Å²) < 4.78 is 22.5. The maximum absolute atomic E-state index is 15.3. The van der Waals surface area contributed by atoms with Crippen LogP contribution < -0.4 is 20.4 Å². The van der Waals surface area contributed by atoms with Crippen LogP contribution in [0.25, 0.3) is 10.9 Å². The molecule has 0 radical (unpaired) electrons. The number of ether oxygens (including phenoxy) is 1. The lowest BCUT2D eigenvalue weighted by Gasteiger charge is -2.43. The summed E-state index contributed by atoms with van der Waals surface area (Å²) in [6, 6.07) is 1.47. The van der Waals surface area contributed by atoms with E-state index in [9.17, 15) is 14.7 Å². The predicted octanol–water partition coefficient (Wildman–Crippen LogP) is 2.55. The Hall–Kier alpha value is -2.61. The van der Waals surface area contributed by atoms with Crippen molar-refractivity contribution < 1.29 is 19.0 Å². The first-order chi connectivity index (χ1) is 13.7. The van der Waals surface area contributed by atoms with E-state index in [4.69, 9.17) is 4.74 Å². The zero-order valence-electron chi connectivity index (χ0n) is 17.5. The van der Waals surface area contributed by atoms with Gasteiger partial charge < -0.3 is 24.6 Å². The molecule has 0 spiro atoms. The molecule has 1 aliphatic rings. The standard InChI is InChI=1S/C21H28FN3O4/c1-6-24-10-14(21(27)28)19(26)13-7-15(22)18(20(29-5)17(13)24)25-8-11(2)16(23-4)12(3)9-25/h7,10-12,16,23H,6,8-9H2,1-5H3,(H,27,28). The number of nitrogens with one attached hydrogen (secondary N) is 1. The third-order valence-corrected chi connectivity index (χ3v) is 5.91. The van der Waals surface area contributed by atoms with Crippen molar-refractivity contribution in [2.75, 3.05) is 32.1 Å². The average molecular weight is 405 g/mol. The summed E-state index contributed by atoms with van der Waals surface area (Å²) in [6.45, 7) is 7.76. The number of methoxy groups -OCH3 is 1. The van der Waals surface area contributed by atoms with Crippen LogP contribution in [0.5, 0.6) is 5.75 Å². The van der Waals surface area contributed by atoms with Gasteiger partial charge in [0.2, 0.25) is 5.43 Å². The van der Waals surface area contributed by atoms with Crippen LogP contribution in [-0.2, 0) is 6.54 Å². The van der Waals surface area contributed by atoms with Gasteiger partial charge in [-0.3, -0.25) is 4.79 Å². The number of hydrogen-bond acceptors (Lipinski definition) is 5.